The highest BCUT2D eigenvalue weighted by Crippen LogP contribution is 2.31. The Hall–Kier alpha value is -5.18. The molecule has 0 bridgehead atoms. The largest absolute Gasteiger partial charge is 0.497 e. The van der Waals surface area contributed by atoms with Crippen LogP contribution in [-0.4, -0.2) is 130 Å². The minimum atomic E-state index is -0.577. The number of hydrogen-bond donors (Lipinski definition) is 11. The molecule has 72 heavy (non-hydrogen) atoms. The maximum atomic E-state index is 14.0. The van der Waals surface area contributed by atoms with Crippen LogP contribution in [0, 0.1) is 41.4 Å². The average Bonchev–Trinajstić information content (AvgIpc) is 4.25. The predicted molar refractivity (Wildman–Crippen MR) is 271 cm³/mol. The predicted octanol–water partition coefficient (Wildman–Crippen LogP) is 0.403. The molecule has 14 N–H and O–H groups in total. The van der Waals surface area contributed by atoms with Gasteiger partial charge < -0.3 is 64.5 Å². The highest BCUT2D eigenvalue weighted by Gasteiger charge is 2.42. The smallest absolute Gasteiger partial charge is 0.226 e. The molecule has 0 aromatic heterocycles. The van der Waals surface area contributed by atoms with Crippen molar-refractivity contribution < 1.29 is 43.1 Å². The van der Waals surface area contributed by atoms with Gasteiger partial charge >= 0.3 is 0 Å². The van der Waals surface area contributed by atoms with Gasteiger partial charge in [-0.25, -0.2) is 0 Å². The first kappa shape index (κ1) is 56.1. The van der Waals surface area contributed by atoms with Crippen molar-refractivity contribution in [2.45, 2.75) is 146 Å². The van der Waals surface area contributed by atoms with Crippen molar-refractivity contribution in [3.63, 3.8) is 0 Å². The second-order valence-corrected chi connectivity index (χ2v) is 20.9. The maximum absolute atomic E-state index is 14.0. The van der Waals surface area contributed by atoms with Gasteiger partial charge in [-0.3, -0.25) is 38.4 Å². The summed E-state index contributed by atoms with van der Waals surface area (Å²) in [6, 6.07) is 5.15. The highest BCUT2D eigenvalue weighted by molar-refractivity contribution is 5.97. The van der Waals surface area contributed by atoms with Gasteiger partial charge in [-0.1, -0.05) is 38.5 Å². The number of benzene rings is 1. The zero-order valence-corrected chi connectivity index (χ0v) is 42.3. The highest BCUT2D eigenvalue weighted by atomic mass is 16.5. The SMILES string of the molecule is COc1ccc(C(=O)CNC2CCCC2C(=O)NC2CNCC2C(=O)NC2CCCC2C(=O)NCC(CCCCN)C(=O)NC2CCCC2C(=O)NCC(CCCCN)C(=O)NC2CCCC2C(N)=O)cc1. The fourth-order valence-electron chi connectivity index (χ4n) is 11.7. The molecule has 1 saturated heterocycles. The van der Waals surface area contributed by atoms with E-state index in [4.69, 9.17) is 21.9 Å². The molecular weight excluding hydrogens is 923 g/mol. The van der Waals surface area contributed by atoms with Gasteiger partial charge in [0.2, 0.25) is 41.4 Å². The molecule has 6 rings (SSSR count). The van der Waals surface area contributed by atoms with Crippen molar-refractivity contribution in [2.75, 3.05) is 52.9 Å². The van der Waals surface area contributed by atoms with Gasteiger partial charge in [0.15, 0.2) is 5.78 Å². The number of amides is 7. The van der Waals surface area contributed by atoms with E-state index < -0.39 is 59.5 Å². The third-order valence-electron chi connectivity index (χ3n) is 16.0. The van der Waals surface area contributed by atoms with Crippen LogP contribution in [0.3, 0.4) is 0 Å². The fourth-order valence-corrected chi connectivity index (χ4v) is 11.7. The lowest BCUT2D eigenvalue weighted by molar-refractivity contribution is -0.131. The number of primary amides is 1. The Bertz CT molecular complexity index is 2010. The number of ketones is 1. The number of ether oxygens (including phenoxy) is 1. The van der Waals surface area contributed by atoms with E-state index in [1.807, 2.05) is 0 Å². The topological polar surface area (TPSA) is 320 Å². The van der Waals surface area contributed by atoms with Crippen LogP contribution in [-0.2, 0) is 33.6 Å². The second-order valence-electron chi connectivity index (χ2n) is 20.9. The van der Waals surface area contributed by atoms with Crippen molar-refractivity contribution in [1.82, 2.24) is 42.5 Å². The molecule has 400 valence electrons. The van der Waals surface area contributed by atoms with E-state index in [9.17, 15) is 38.4 Å². The van der Waals surface area contributed by atoms with Crippen LogP contribution in [0.25, 0.3) is 0 Å². The van der Waals surface area contributed by atoms with Crippen LogP contribution >= 0.6 is 0 Å². The monoisotopic (exact) mass is 1010 g/mol. The van der Waals surface area contributed by atoms with Crippen LogP contribution in [0.15, 0.2) is 24.3 Å². The third-order valence-corrected chi connectivity index (χ3v) is 16.0. The molecule has 1 aliphatic heterocycles. The van der Waals surface area contributed by atoms with E-state index in [0.29, 0.717) is 115 Å². The second kappa shape index (κ2) is 28.3. The Morgan fingerprint density at radius 3 is 1.53 bits per heavy atom. The standard InChI is InChI=1S/C52H83N11O9/c1-72-34-22-20-31(21-23-34)45(64)30-57-40-16-7-13-36(40)51(70)63-44-29-56-28-39(44)52(71)62-43-19-9-15-38(43)50(69)59-27-33(11-3-5-25-54)48(67)61-42-18-8-14-37(42)49(68)58-26-32(10-2-4-24-53)47(66)60-41-17-6-12-35(41)46(55)65/h20-23,32-33,35-44,56-57H,2-19,24-30,53-54H2,1H3,(H2,55,65)(H,58,68)(H,59,69)(H,60,66)(H,61,67)(H,62,71)(H,63,70). The lowest BCUT2D eigenvalue weighted by Gasteiger charge is -2.27. The van der Waals surface area contributed by atoms with Crippen molar-refractivity contribution in [3.05, 3.63) is 29.8 Å². The minimum Gasteiger partial charge on any atom is -0.497 e. The van der Waals surface area contributed by atoms with Crippen molar-refractivity contribution >= 4 is 47.1 Å². The molecule has 1 heterocycles. The van der Waals surface area contributed by atoms with Crippen molar-refractivity contribution in [1.29, 1.82) is 0 Å². The number of nitrogens with one attached hydrogen (secondary N) is 8. The Balaban J connectivity index is 0.972. The van der Waals surface area contributed by atoms with Crippen molar-refractivity contribution in [3.8, 4) is 5.75 Å². The number of nitrogens with two attached hydrogens (primary N) is 3. The summed E-state index contributed by atoms with van der Waals surface area (Å²) < 4.78 is 5.19. The molecular formula is C52H83N11O9. The molecule has 5 fully saturated rings. The molecule has 4 aliphatic carbocycles. The summed E-state index contributed by atoms with van der Waals surface area (Å²) in [4.78, 5) is 108. The van der Waals surface area contributed by atoms with Crippen LogP contribution in [0.5, 0.6) is 5.75 Å². The molecule has 5 aliphatic rings. The molecule has 12 atom stereocenters. The first-order valence-corrected chi connectivity index (χ1v) is 26.9. The zero-order chi connectivity index (χ0) is 51.6. The maximum Gasteiger partial charge on any atom is 0.226 e. The molecule has 0 spiro atoms. The van der Waals surface area contributed by atoms with E-state index in [1.165, 1.54) is 0 Å². The van der Waals surface area contributed by atoms with Gasteiger partial charge in [-0.05, 0) is 114 Å². The molecule has 1 aromatic rings. The van der Waals surface area contributed by atoms with Gasteiger partial charge in [-0.2, -0.15) is 0 Å². The number of carbonyl (C=O) groups is 8. The van der Waals surface area contributed by atoms with E-state index in [2.05, 4.69) is 42.5 Å². The van der Waals surface area contributed by atoms with Gasteiger partial charge in [0.1, 0.15) is 5.75 Å². The molecule has 12 unspecified atom stereocenters. The van der Waals surface area contributed by atoms with Crippen LogP contribution in [0.1, 0.15) is 126 Å². The van der Waals surface area contributed by atoms with E-state index >= 15 is 0 Å². The molecule has 20 nitrogen and oxygen atoms in total. The first-order valence-electron chi connectivity index (χ1n) is 26.9. The molecule has 4 saturated carbocycles. The molecule has 1 aromatic carbocycles. The summed E-state index contributed by atoms with van der Waals surface area (Å²) in [6.45, 7) is 2.04. The van der Waals surface area contributed by atoms with Gasteiger partial charge in [0, 0.05) is 55.9 Å². The summed E-state index contributed by atoms with van der Waals surface area (Å²) in [7, 11) is 1.57. The average molecular weight is 1010 g/mol. The lowest BCUT2D eigenvalue weighted by atomic mass is 9.96. The summed E-state index contributed by atoms with van der Waals surface area (Å²) in [6.07, 6.45) is 12.0. The number of methoxy groups -OCH3 is 1. The normalized spacial score (nSPS) is 27.6. The fraction of sp³-hybridized carbons (Fsp3) is 0.731. The zero-order valence-electron chi connectivity index (χ0n) is 42.3. The number of Topliss-reactive ketones (excluding diaryl/α,β-unsaturated/α-hetero) is 1. The summed E-state index contributed by atoms with van der Waals surface area (Å²) in [5, 5.41) is 25.0. The van der Waals surface area contributed by atoms with E-state index in [0.717, 1.165) is 38.5 Å². The Morgan fingerprint density at radius 2 is 1.01 bits per heavy atom. The van der Waals surface area contributed by atoms with Crippen LogP contribution < -0.4 is 64.5 Å². The number of rotatable bonds is 28. The van der Waals surface area contributed by atoms with Gasteiger partial charge in [-0.15, -0.1) is 0 Å². The Morgan fingerprint density at radius 1 is 0.556 bits per heavy atom. The number of carbonyl (C=O) groups excluding carboxylic acids is 8. The van der Waals surface area contributed by atoms with Gasteiger partial charge in [0.05, 0.1) is 61.1 Å². The summed E-state index contributed by atoms with van der Waals surface area (Å²) in [5.41, 5.74) is 17.7. The first-order chi connectivity index (χ1) is 34.8. The molecule has 0 radical (unpaired) electrons. The van der Waals surface area contributed by atoms with Gasteiger partial charge in [0.25, 0.3) is 0 Å². The molecule has 20 heteroatoms. The number of unbranched alkanes of at least 4 members (excludes halogenated alkanes) is 2. The Kier molecular flexibility index (Phi) is 22.1. The summed E-state index contributed by atoms with van der Waals surface area (Å²) in [5.74, 6) is -4.56. The minimum absolute atomic E-state index is 0.0768. The molecule has 7 amide bonds. The van der Waals surface area contributed by atoms with Crippen molar-refractivity contribution in [2.24, 2.45) is 58.6 Å². The van der Waals surface area contributed by atoms with E-state index in [-0.39, 0.29) is 78.9 Å². The quantitative estimate of drug-likeness (QED) is 0.0401. The van der Waals surface area contributed by atoms with Crippen LogP contribution in [0.2, 0.25) is 0 Å². The number of hydrogen-bond acceptors (Lipinski definition) is 13. The van der Waals surface area contributed by atoms with Crippen LogP contribution in [0.4, 0.5) is 0 Å². The summed E-state index contributed by atoms with van der Waals surface area (Å²) >= 11 is 0. The Labute approximate surface area is 424 Å². The lowest BCUT2D eigenvalue weighted by Crippen LogP contribution is -2.53. The van der Waals surface area contributed by atoms with E-state index in [1.54, 1.807) is 31.4 Å². The third kappa shape index (κ3) is 15.7.